The summed E-state index contributed by atoms with van der Waals surface area (Å²) in [5.41, 5.74) is 0. The van der Waals surface area contributed by atoms with E-state index in [1.165, 1.54) is 26.5 Å². The molecule has 2 rings (SSSR count). The number of piperidine rings is 1. The van der Waals surface area contributed by atoms with Crippen LogP contribution in [0.25, 0.3) is 0 Å². The summed E-state index contributed by atoms with van der Waals surface area (Å²) in [6.45, 7) is 6.22. The third-order valence-electron chi connectivity index (χ3n) is 3.85. The summed E-state index contributed by atoms with van der Waals surface area (Å²) in [7, 11) is 1.43. The van der Waals surface area contributed by atoms with Crippen molar-refractivity contribution < 1.29 is 9.53 Å². The van der Waals surface area contributed by atoms with Gasteiger partial charge < -0.3 is 14.2 Å². The minimum absolute atomic E-state index is 0.168. The predicted octanol–water partition coefficient (Wildman–Crippen LogP) is 1.65. The van der Waals surface area contributed by atoms with Gasteiger partial charge in [-0.15, -0.1) is 0 Å². The summed E-state index contributed by atoms with van der Waals surface area (Å²) < 4.78 is 6.79. The highest BCUT2D eigenvalue weighted by atomic mass is 16.5. The van der Waals surface area contributed by atoms with Crippen LogP contribution in [-0.2, 0) is 16.1 Å². The molecule has 2 heterocycles. The Morgan fingerprint density at radius 3 is 3.16 bits per heavy atom. The van der Waals surface area contributed by atoms with Gasteiger partial charge in [-0.3, -0.25) is 4.79 Å². The summed E-state index contributed by atoms with van der Waals surface area (Å²) in [6.07, 6.45) is 6.61. The first-order valence-electron chi connectivity index (χ1n) is 7.04. The van der Waals surface area contributed by atoms with Gasteiger partial charge in [-0.25, -0.2) is 4.98 Å². The lowest BCUT2D eigenvalue weighted by atomic mass is 9.97. The van der Waals surface area contributed by atoms with Gasteiger partial charge in [0.05, 0.1) is 13.5 Å². The topological polar surface area (TPSA) is 47.4 Å². The van der Waals surface area contributed by atoms with Gasteiger partial charge in [0.2, 0.25) is 0 Å². The molecule has 0 aromatic carbocycles. The summed E-state index contributed by atoms with van der Waals surface area (Å²) in [4.78, 5) is 18.2. The van der Waals surface area contributed by atoms with E-state index < -0.39 is 0 Å². The lowest BCUT2D eigenvalue weighted by Crippen LogP contribution is -2.35. The van der Waals surface area contributed by atoms with Crippen LogP contribution >= 0.6 is 0 Å². The van der Waals surface area contributed by atoms with E-state index in [1.807, 2.05) is 12.4 Å². The molecule has 1 aromatic heterocycles. The molecular formula is C14H23N3O2. The van der Waals surface area contributed by atoms with E-state index in [0.717, 1.165) is 18.9 Å². The molecule has 0 radical (unpaired) electrons. The fourth-order valence-corrected chi connectivity index (χ4v) is 2.74. The van der Waals surface area contributed by atoms with Crippen molar-refractivity contribution in [2.24, 2.45) is 0 Å². The van der Waals surface area contributed by atoms with Gasteiger partial charge in [-0.05, 0) is 25.9 Å². The van der Waals surface area contributed by atoms with Crippen molar-refractivity contribution in [2.45, 2.75) is 38.6 Å². The van der Waals surface area contributed by atoms with Crippen molar-refractivity contribution in [2.75, 3.05) is 26.7 Å². The van der Waals surface area contributed by atoms with E-state index in [1.54, 1.807) is 0 Å². The molecule has 0 bridgehead atoms. The summed E-state index contributed by atoms with van der Waals surface area (Å²) in [6, 6.07) is 0. The Morgan fingerprint density at radius 1 is 1.58 bits per heavy atom. The highest BCUT2D eigenvalue weighted by Gasteiger charge is 2.23. The summed E-state index contributed by atoms with van der Waals surface area (Å²) >= 11 is 0. The molecule has 1 aliphatic heterocycles. The first-order valence-corrected chi connectivity index (χ1v) is 7.04. The van der Waals surface area contributed by atoms with Crippen LogP contribution in [-0.4, -0.2) is 47.2 Å². The number of aromatic nitrogens is 2. The molecule has 5 heteroatoms. The van der Waals surface area contributed by atoms with Gasteiger partial charge in [0.1, 0.15) is 5.82 Å². The maximum Gasteiger partial charge on any atom is 0.307 e. The lowest BCUT2D eigenvalue weighted by molar-refractivity contribution is -0.140. The molecule has 1 aliphatic rings. The largest absolute Gasteiger partial charge is 0.469 e. The Kier molecular flexibility index (Phi) is 4.96. The van der Waals surface area contributed by atoms with Crippen LogP contribution in [0.4, 0.5) is 0 Å². The highest BCUT2D eigenvalue weighted by Crippen LogP contribution is 2.25. The number of aryl methyl sites for hydroxylation is 1. The fraction of sp³-hybridized carbons (Fsp3) is 0.714. The number of carbonyl (C=O) groups is 1. The maximum absolute atomic E-state index is 11.2. The van der Waals surface area contributed by atoms with Gasteiger partial charge in [0, 0.05) is 31.4 Å². The smallest absolute Gasteiger partial charge is 0.307 e. The Labute approximate surface area is 114 Å². The molecular weight excluding hydrogens is 242 g/mol. The molecule has 106 valence electrons. The van der Waals surface area contributed by atoms with Gasteiger partial charge in [-0.2, -0.15) is 0 Å². The van der Waals surface area contributed by atoms with Crippen LogP contribution in [0, 0.1) is 0 Å². The number of ether oxygens (including phenoxy) is 1. The Bertz CT molecular complexity index is 417. The molecule has 5 nitrogen and oxygen atoms in total. The monoisotopic (exact) mass is 265 g/mol. The first kappa shape index (κ1) is 14.1. The number of esters is 1. The number of methoxy groups -OCH3 is 1. The van der Waals surface area contributed by atoms with Crippen LogP contribution in [0.5, 0.6) is 0 Å². The molecule has 0 amide bonds. The molecule has 0 unspecified atom stereocenters. The SMILES string of the molecule is CCN1CCC[C@@H](c2nccn2CCC(=O)OC)C1. The number of rotatable bonds is 5. The van der Waals surface area contributed by atoms with Crippen molar-refractivity contribution in [1.29, 1.82) is 0 Å². The average Bonchev–Trinajstić information content (AvgIpc) is 2.93. The molecule has 0 spiro atoms. The van der Waals surface area contributed by atoms with E-state index in [-0.39, 0.29) is 5.97 Å². The number of carbonyl (C=O) groups excluding carboxylic acids is 1. The predicted molar refractivity (Wildman–Crippen MR) is 72.9 cm³/mol. The van der Waals surface area contributed by atoms with E-state index >= 15 is 0 Å². The molecule has 0 aliphatic carbocycles. The van der Waals surface area contributed by atoms with Crippen molar-refractivity contribution in [3.05, 3.63) is 18.2 Å². The molecule has 1 saturated heterocycles. The Balaban J connectivity index is 2.00. The second kappa shape index (κ2) is 6.70. The second-order valence-corrected chi connectivity index (χ2v) is 5.04. The summed E-state index contributed by atoms with van der Waals surface area (Å²) in [5.74, 6) is 1.43. The van der Waals surface area contributed by atoms with Crippen LogP contribution in [0.2, 0.25) is 0 Å². The van der Waals surface area contributed by atoms with Crippen molar-refractivity contribution >= 4 is 5.97 Å². The van der Waals surface area contributed by atoms with Gasteiger partial charge >= 0.3 is 5.97 Å². The van der Waals surface area contributed by atoms with Gasteiger partial charge in [0.25, 0.3) is 0 Å². The van der Waals surface area contributed by atoms with Crippen molar-refractivity contribution in [3.63, 3.8) is 0 Å². The van der Waals surface area contributed by atoms with Gasteiger partial charge in [0.15, 0.2) is 0 Å². The number of likely N-dealkylation sites (tertiary alicyclic amines) is 1. The number of nitrogens with zero attached hydrogens (tertiary/aromatic N) is 3. The van der Waals surface area contributed by atoms with Crippen LogP contribution in [0.15, 0.2) is 12.4 Å². The van der Waals surface area contributed by atoms with Gasteiger partial charge in [-0.1, -0.05) is 6.92 Å². The number of hydrogen-bond acceptors (Lipinski definition) is 4. The van der Waals surface area contributed by atoms with E-state index in [9.17, 15) is 4.79 Å². The zero-order chi connectivity index (χ0) is 13.7. The van der Waals surface area contributed by atoms with E-state index in [0.29, 0.717) is 18.9 Å². The summed E-state index contributed by atoms with van der Waals surface area (Å²) in [5, 5.41) is 0. The first-order chi connectivity index (χ1) is 9.24. The molecule has 0 N–H and O–H groups in total. The van der Waals surface area contributed by atoms with Crippen LogP contribution in [0.3, 0.4) is 0 Å². The maximum atomic E-state index is 11.2. The standard InChI is InChI=1S/C14H23N3O2/c1-3-16-8-4-5-12(11-16)14-15-7-10-17(14)9-6-13(18)19-2/h7,10,12H,3-6,8-9,11H2,1-2H3/t12-/m1/s1. The average molecular weight is 265 g/mol. The highest BCUT2D eigenvalue weighted by molar-refractivity contribution is 5.68. The number of imidazole rings is 1. The zero-order valence-electron chi connectivity index (χ0n) is 11.8. The number of hydrogen-bond donors (Lipinski definition) is 0. The minimum atomic E-state index is -0.168. The van der Waals surface area contributed by atoms with E-state index in [2.05, 4.69) is 26.1 Å². The normalized spacial score (nSPS) is 20.4. The fourth-order valence-electron chi connectivity index (χ4n) is 2.74. The second-order valence-electron chi connectivity index (χ2n) is 5.04. The van der Waals surface area contributed by atoms with Crippen molar-refractivity contribution in [3.8, 4) is 0 Å². The minimum Gasteiger partial charge on any atom is -0.469 e. The molecule has 1 aromatic rings. The zero-order valence-corrected chi connectivity index (χ0v) is 11.8. The molecule has 0 saturated carbocycles. The molecule has 19 heavy (non-hydrogen) atoms. The lowest BCUT2D eigenvalue weighted by Gasteiger charge is -2.31. The third-order valence-corrected chi connectivity index (χ3v) is 3.85. The van der Waals surface area contributed by atoms with E-state index in [4.69, 9.17) is 0 Å². The Hall–Kier alpha value is -1.36. The third kappa shape index (κ3) is 3.56. The number of likely N-dealkylation sites (N-methyl/N-ethyl adjacent to an activating group) is 1. The van der Waals surface area contributed by atoms with Crippen molar-refractivity contribution in [1.82, 2.24) is 14.5 Å². The van der Waals surface area contributed by atoms with Crippen LogP contribution < -0.4 is 0 Å². The van der Waals surface area contributed by atoms with Crippen LogP contribution in [0.1, 0.15) is 37.9 Å². The molecule has 1 fully saturated rings. The Morgan fingerprint density at radius 2 is 2.42 bits per heavy atom. The quantitative estimate of drug-likeness (QED) is 0.759. The molecule has 1 atom stereocenters.